The summed E-state index contributed by atoms with van der Waals surface area (Å²) in [6.45, 7) is 10.3. The Kier molecular flexibility index (Phi) is 6.65. The normalized spacial score (nSPS) is 11.9. The number of carbonyl (C=O) groups excluding carboxylic acids is 1. The lowest BCUT2D eigenvalue weighted by atomic mass is 9.99. The summed E-state index contributed by atoms with van der Waals surface area (Å²) in [5.74, 6) is 0.607. The molecule has 0 unspecified atom stereocenters. The molecule has 0 heterocycles. The van der Waals surface area contributed by atoms with Gasteiger partial charge in [-0.2, -0.15) is 0 Å². The summed E-state index contributed by atoms with van der Waals surface area (Å²) in [4.78, 5) is 12.3. The molecular formula is C21H26BrNO2. The van der Waals surface area contributed by atoms with Gasteiger partial charge < -0.3 is 10.1 Å². The number of ether oxygens (including phenoxy) is 1. The SMILES string of the molecule is CC[C@H](NC(=O)COc1cc(C)c(Br)c(C)c1)c1ccc(C)c(C)c1. The molecule has 0 saturated carbocycles. The number of benzene rings is 2. The van der Waals surface area contributed by atoms with Gasteiger partial charge in [0.1, 0.15) is 5.75 Å². The van der Waals surface area contributed by atoms with Gasteiger partial charge in [-0.3, -0.25) is 4.79 Å². The van der Waals surface area contributed by atoms with Gasteiger partial charge >= 0.3 is 0 Å². The number of nitrogens with one attached hydrogen (secondary N) is 1. The molecule has 2 aromatic carbocycles. The highest BCUT2D eigenvalue weighted by atomic mass is 79.9. The molecule has 4 heteroatoms. The first-order valence-corrected chi connectivity index (χ1v) is 9.37. The minimum atomic E-state index is -0.108. The third kappa shape index (κ3) is 5.08. The zero-order valence-corrected chi connectivity index (χ0v) is 17.2. The molecule has 0 aliphatic heterocycles. The van der Waals surface area contributed by atoms with Crippen LogP contribution in [-0.4, -0.2) is 12.5 Å². The molecule has 1 amide bonds. The Morgan fingerprint density at radius 3 is 2.24 bits per heavy atom. The first-order valence-electron chi connectivity index (χ1n) is 8.57. The van der Waals surface area contributed by atoms with Crippen LogP contribution in [0, 0.1) is 27.7 Å². The van der Waals surface area contributed by atoms with Crippen LogP contribution in [-0.2, 0) is 4.79 Å². The van der Waals surface area contributed by atoms with Gasteiger partial charge in [-0.25, -0.2) is 0 Å². The maximum atomic E-state index is 12.3. The molecule has 0 bridgehead atoms. The summed E-state index contributed by atoms with van der Waals surface area (Å²) in [5, 5.41) is 3.07. The fourth-order valence-electron chi connectivity index (χ4n) is 2.78. The molecular weight excluding hydrogens is 378 g/mol. The van der Waals surface area contributed by atoms with Crippen LogP contribution >= 0.6 is 15.9 Å². The van der Waals surface area contributed by atoms with E-state index in [1.54, 1.807) is 0 Å². The second kappa shape index (κ2) is 8.52. The Balaban J connectivity index is 1.99. The Labute approximate surface area is 158 Å². The van der Waals surface area contributed by atoms with Crippen molar-refractivity contribution in [3.05, 3.63) is 62.6 Å². The van der Waals surface area contributed by atoms with Crippen molar-refractivity contribution in [2.75, 3.05) is 6.61 Å². The molecule has 0 spiro atoms. The van der Waals surface area contributed by atoms with Crippen LogP contribution in [0.1, 0.15) is 47.2 Å². The van der Waals surface area contributed by atoms with Gasteiger partial charge in [-0.1, -0.05) is 41.1 Å². The lowest BCUT2D eigenvalue weighted by Gasteiger charge is -2.19. The smallest absolute Gasteiger partial charge is 0.258 e. The summed E-state index contributed by atoms with van der Waals surface area (Å²) in [6.07, 6.45) is 0.838. The van der Waals surface area contributed by atoms with Crippen LogP contribution in [0.5, 0.6) is 5.75 Å². The highest BCUT2D eigenvalue weighted by Gasteiger charge is 2.14. The number of aryl methyl sites for hydroxylation is 4. The van der Waals surface area contributed by atoms with E-state index < -0.39 is 0 Å². The highest BCUT2D eigenvalue weighted by Crippen LogP contribution is 2.26. The number of halogens is 1. The van der Waals surface area contributed by atoms with E-state index in [0.717, 1.165) is 27.6 Å². The first-order chi connectivity index (χ1) is 11.8. The van der Waals surface area contributed by atoms with Crippen molar-refractivity contribution in [1.29, 1.82) is 0 Å². The van der Waals surface area contributed by atoms with Crippen LogP contribution in [0.15, 0.2) is 34.8 Å². The maximum absolute atomic E-state index is 12.3. The van der Waals surface area contributed by atoms with Crippen LogP contribution in [0.25, 0.3) is 0 Å². The van der Waals surface area contributed by atoms with E-state index in [-0.39, 0.29) is 18.6 Å². The second-order valence-corrected chi connectivity index (χ2v) is 7.32. The molecule has 0 aliphatic rings. The topological polar surface area (TPSA) is 38.3 Å². The van der Waals surface area contributed by atoms with E-state index in [9.17, 15) is 4.79 Å². The number of rotatable bonds is 6. The average Bonchev–Trinajstić information content (AvgIpc) is 2.58. The zero-order valence-electron chi connectivity index (χ0n) is 15.6. The quantitative estimate of drug-likeness (QED) is 0.707. The lowest BCUT2D eigenvalue weighted by molar-refractivity contribution is -0.123. The molecule has 2 rings (SSSR count). The van der Waals surface area contributed by atoms with E-state index in [4.69, 9.17) is 4.74 Å². The van der Waals surface area contributed by atoms with Crippen molar-refractivity contribution in [1.82, 2.24) is 5.32 Å². The summed E-state index contributed by atoms with van der Waals surface area (Å²) in [7, 11) is 0. The van der Waals surface area contributed by atoms with Crippen LogP contribution < -0.4 is 10.1 Å². The number of hydrogen-bond acceptors (Lipinski definition) is 2. The van der Waals surface area contributed by atoms with Gasteiger partial charge in [0.25, 0.3) is 5.91 Å². The summed E-state index contributed by atoms with van der Waals surface area (Å²) in [5.41, 5.74) is 5.82. The van der Waals surface area contributed by atoms with Gasteiger partial charge in [0.15, 0.2) is 6.61 Å². The highest BCUT2D eigenvalue weighted by molar-refractivity contribution is 9.10. The molecule has 0 fully saturated rings. The molecule has 0 saturated heterocycles. The predicted octanol–water partition coefficient (Wildman–Crippen LogP) is 5.33. The van der Waals surface area contributed by atoms with E-state index in [0.29, 0.717) is 5.75 Å². The minimum absolute atomic E-state index is 0.00351. The van der Waals surface area contributed by atoms with Crippen LogP contribution in [0.3, 0.4) is 0 Å². The fourth-order valence-corrected chi connectivity index (χ4v) is 3.01. The molecule has 0 radical (unpaired) electrons. The van der Waals surface area contributed by atoms with Gasteiger partial charge in [-0.05, 0) is 74.1 Å². The Hall–Kier alpha value is -1.81. The molecule has 1 N–H and O–H groups in total. The lowest BCUT2D eigenvalue weighted by Crippen LogP contribution is -2.32. The van der Waals surface area contributed by atoms with Crippen molar-refractivity contribution < 1.29 is 9.53 Å². The van der Waals surface area contributed by atoms with Crippen LogP contribution in [0.4, 0.5) is 0 Å². The van der Waals surface area contributed by atoms with Crippen molar-refractivity contribution in [2.24, 2.45) is 0 Å². The van der Waals surface area contributed by atoms with E-state index in [1.165, 1.54) is 11.1 Å². The van der Waals surface area contributed by atoms with Crippen molar-refractivity contribution in [3.63, 3.8) is 0 Å². The summed E-state index contributed by atoms with van der Waals surface area (Å²) in [6, 6.07) is 10.2. The van der Waals surface area contributed by atoms with Crippen molar-refractivity contribution >= 4 is 21.8 Å². The van der Waals surface area contributed by atoms with Gasteiger partial charge in [0, 0.05) is 4.47 Å². The zero-order chi connectivity index (χ0) is 18.6. The largest absolute Gasteiger partial charge is 0.484 e. The monoisotopic (exact) mass is 403 g/mol. The van der Waals surface area contributed by atoms with Crippen molar-refractivity contribution in [3.8, 4) is 5.75 Å². The first kappa shape index (κ1) is 19.5. The third-order valence-electron chi connectivity index (χ3n) is 4.46. The van der Waals surface area contributed by atoms with E-state index in [1.807, 2.05) is 26.0 Å². The number of amides is 1. The Bertz CT molecular complexity index is 747. The molecule has 25 heavy (non-hydrogen) atoms. The molecule has 1 atom stereocenters. The average molecular weight is 404 g/mol. The standard InChI is InChI=1S/C21H26BrNO2/c1-6-19(17-8-7-13(2)14(3)9-17)23-20(24)12-25-18-10-15(4)21(22)16(5)11-18/h7-11,19H,6,12H2,1-5H3,(H,23,24)/t19-/m0/s1. The Morgan fingerprint density at radius 2 is 1.68 bits per heavy atom. The van der Waals surface area contributed by atoms with Crippen LogP contribution in [0.2, 0.25) is 0 Å². The molecule has 134 valence electrons. The number of carbonyl (C=O) groups is 1. The van der Waals surface area contributed by atoms with E-state index in [2.05, 4.69) is 60.2 Å². The number of hydrogen-bond donors (Lipinski definition) is 1. The fraction of sp³-hybridized carbons (Fsp3) is 0.381. The second-order valence-electron chi connectivity index (χ2n) is 6.53. The third-order valence-corrected chi connectivity index (χ3v) is 5.71. The van der Waals surface area contributed by atoms with Gasteiger partial charge in [0.05, 0.1) is 6.04 Å². The Morgan fingerprint density at radius 1 is 1.04 bits per heavy atom. The van der Waals surface area contributed by atoms with E-state index >= 15 is 0 Å². The minimum Gasteiger partial charge on any atom is -0.484 e. The molecule has 0 aromatic heterocycles. The van der Waals surface area contributed by atoms with Gasteiger partial charge in [0.2, 0.25) is 0 Å². The molecule has 3 nitrogen and oxygen atoms in total. The predicted molar refractivity (Wildman–Crippen MR) is 106 cm³/mol. The van der Waals surface area contributed by atoms with Gasteiger partial charge in [-0.15, -0.1) is 0 Å². The molecule has 0 aliphatic carbocycles. The van der Waals surface area contributed by atoms with Crippen molar-refractivity contribution in [2.45, 2.75) is 47.1 Å². The molecule has 2 aromatic rings. The summed E-state index contributed by atoms with van der Waals surface area (Å²) < 4.78 is 6.75. The maximum Gasteiger partial charge on any atom is 0.258 e. The summed E-state index contributed by atoms with van der Waals surface area (Å²) >= 11 is 3.54.